The zero-order chi connectivity index (χ0) is 27.8. The van der Waals surface area contributed by atoms with Crippen LogP contribution in [0, 0.1) is 0 Å². The molecule has 0 bridgehead atoms. The Kier molecular flexibility index (Phi) is 13.0. The Morgan fingerprint density at radius 1 is 0.463 bits per heavy atom. The van der Waals surface area contributed by atoms with Crippen molar-refractivity contribution in [3.05, 3.63) is 126 Å². The van der Waals surface area contributed by atoms with Gasteiger partial charge >= 0.3 is 65.1 Å². The van der Waals surface area contributed by atoms with E-state index >= 15 is 0 Å². The fourth-order valence-corrected chi connectivity index (χ4v) is 3.54. The van der Waals surface area contributed by atoms with Gasteiger partial charge in [0.05, 0.1) is 39.9 Å². The molecule has 0 amide bonds. The molecule has 0 aliphatic rings. The largest absolute Gasteiger partial charge is 1.00 e. The molecule has 9 nitrogen and oxygen atoms in total. The Balaban J connectivity index is 0.000000210. The van der Waals surface area contributed by atoms with Crippen molar-refractivity contribution in [3.63, 3.8) is 0 Å². The number of carboxylic acids is 3. The van der Waals surface area contributed by atoms with Crippen molar-refractivity contribution in [3.8, 4) is 0 Å². The number of aromatic nitrogens is 3. The first-order chi connectivity index (χ1) is 18.8. The molecule has 0 atom stereocenters. The minimum atomic E-state index is -1.24. The minimum Gasteiger partial charge on any atom is -0.543 e. The number of fused-ring (bicyclic) bond motifs is 3. The monoisotopic (exact) mass is 563 g/mol. The van der Waals surface area contributed by atoms with E-state index in [1.807, 2.05) is 54.6 Å². The van der Waals surface area contributed by atoms with Gasteiger partial charge in [-0.1, -0.05) is 72.8 Å². The van der Waals surface area contributed by atoms with Crippen LogP contribution in [0.1, 0.15) is 31.5 Å². The van der Waals surface area contributed by atoms with Gasteiger partial charge in [-0.25, -0.2) is 19.7 Å². The molecule has 0 aliphatic carbocycles. The van der Waals surface area contributed by atoms with E-state index in [0.717, 1.165) is 16.2 Å². The molecule has 6 aromatic rings. The van der Waals surface area contributed by atoms with Gasteiger partial charge in [0.1, 0.15) is 5.69 Å². The molecule has 6 rings (SSSR count). The molecule has 1 N–H and O–H groups in total. The second-order valence-corrected chi connectivity index (χ2v) is 8.05. The average molecular weight is 563 g/mol. The molecule has 3 aromatic heterocycles. The fourth-order valence-electron chi connectivity index (χ4n) is 3.54. The van der Waals surface area contributed by atoms with Crippen molar-refractivity contribution in [2.24, 2.45) is 0 Å². The van der Waals surface area contributed by atoms with Gasteiger partial charge in [0.25, 0.3) is 0 Å². The number of benzene rings is 3. The molecule has 192 valence electrons. The van der Waals surface area contributed by atoms with Crippen LogP contribution in [0.4, 0.5) is 0 Å². The van der Waals surface area contributed by atoms with E-state index in [4.69, 9.17) is 5.11 Å². The summed E-state index contributed by atoms with van der Waals surface area (Å²) < 4.78 is 0. The van der Waals surface area contributed by atoms with E-state index in [1.165, 1.54) is 18.2 Å². The fraction of sp³-hybridized carbons (Fsp3) is 0. The van der Waals surface area contributed by atoms with Crippen LogP contribution in [0.15, 0.2) is 109 Å². The quantitative estimate of drug-likeness (QED) is 0.224. The summed E-state index contributed by atoms with van der Waals surface area (Å²) in [7, 11) is 0. The average Bonchev–Trinajstić information content (AvgIpc) is 2.97. The summed E-state index contributed by atoms with van der Waals surface area (Å²) in [6, 6.07) is 31.7. The molecule has 41 heavy (non-hydrogen) atoms. The van der Waals surface area contributed by atoms with Crippen LogP contribution in [-0.2, 0) is 0 Å². The van der Waals surface area contributed by atoms with Gasteiger partial charge in [0, 0.05) is 16.2 Å². The van der Waals surface area contributed by atoms with Crippen LogP contribution in [0.2, 0.25) is 0 Å². The molecular formula is C30H19N3Na2O6. The number of pyridine rings is 3. The summed E-state index contributed by atoms with van der Waals surface area (Å²) in [6.45, 7) is 0. The van der Waals surface area contributed by atoms with Gasteiger partial charge in [0.15, 0.2) is 0 Å². The molecule has 0 saturated carbocycles. The Morgan fingerprint density at radius 3 is 1.07 bits per heavy atom. The molecule has 0 radical (unpaired) electrons. The molecule has 11 heteroatoms. The third-order valence-corrected chi connectivity index (χ3v) is 5.43. The van der Waals surface area contributed by atoms with E-state index in [0.29, 0.717) is 16.6 Å². The normalized spacial score (nSPS) is 9.66. The molecule has 0 saturated heterocycles. The van der Waals surface area contributed by atoms with Gasteiger partial charge in [0.2, 0.25) is 0 Å². The first-order valence-corrected chi connectivity index (χ1v) is 11.5. The molecular weight excluding hydrogens is 544 g/mol. The Labute approximate surface area is 278 Å². The van der Waals surface area contributed by atoms with Gasteiger partial charge < -0.3 is 24.9 Å². The van der Waals surface area contributed by atoms with E-state index in [9.17, 15) is 24.6 Å². The van der Waals surface area contributed by atoms with Crippen molar-refractivity contribution >= 4 is 50.6 Å². The van der Waals surface area contributed by atoms with Crippen molar-refractivity contribution in [2.45, 2.75) is 0 Å². The SMILES string of the molecule is O=C(O)c1ccc2ccccc2n1.O=C([O-])c1ccc2ccccc2n1.O=C([O-])c1ccc2ccccc2n1.[Na+].[Na+]. The van der Waals surface area contributed by atoms with Crippen molar-refractivity contribution in [2.75, 3.05) is 0 Å². The third kappa shape index (κ3) is 9.15. The number of hydrogen-bond donors (Lipinski definition) is 1. The molecule has 0 spiro atoms. The number of carbonyl (C=O) groups excluding carboxylic acids is 2. The van der Waals surface area contributed by atoms with Crippen LogP contribution in [0.5, 0.6) is 0 Å². The predicted molar refractivity (Wildman–Crippen MR) is 141 cm³/mol. The summed E-state index contributed by atoms with van der Waals surface area (Å²) >= 11 is 0. The summed E-state index contributed by atoms with van der Waals surface area (Å²) in [6.07, 6.45) is 0. The summed E-state index contributed by atoms with van der Waals surface area (Å²) in [5.74, 6) is -3.48. The van der Waals surface area contributed by atoms with E-state index < -0.39 is 17.9 Å². The number of carbonyl (C=O) groups is 3. The molecule has 3 aromatic carbocycles. The van der Waals surface area contributed by atoms with E-state index in [-0.39, 0.29) is 76.2 Å². The van der Waals surface area contributed by atoms with Crippen molar-refractivity contribution in [1.82, 2.24) is 15.0 Å². The van der Waals surface area contributed by atoms with Crippen molar-refractivity contribution in [1.29, 1.82) is 0 Å². The maximum atomic E-state index is 10.6. The second-order valence-electron chi connectivity index (χ2n) is 8.05. The standard InChI is InChI=1S/3C10H7NO2.2Na/c3*12-10(13)9-6-5-7-3-1-2-4-8(7)11-9;;/h3*1-6H,(H,12,13);;/q;;;2*+1/p-2. The van der Waals surface area contributed by atoms with E-state index in [2.05, 4.69) is 15.0 Å². The van der Waals surface area contributed by atoms with E-state index in [1.54, 1.807) is 36.4 Å². The number of hydrogen-bond acceptors (Lipinski definition) is 8. The van der Waals surface area contributed by atoms with Crippen molar-refractivity contribution < 1.29 is 88.8 Å². The third-order valence-electron chi connectivity index (χ3n) is 5.43. The topological polar surface area (TPSA) is 156 Å². The number of para-hydroxylation sites is 3. The first-order valence-electron chi connectivity index (χ1n) is 11.5. The zero-order valence-electron chi connectivity index (χ0n) is 22.2. The Bertz CT molecular complexity index is 1620. The molecule has 3 heterocycles. The number of nitrogens with zero attached hydrogens (tertiary/aromatic N) is 3. The van der Waals surface area contributed by atoms with Crippen LogP contribution >= 0.6 is 0 Å². The molecule has 0 unspecified atom stereocenters. The second kappa shape index (κ2) is 15.9. The van der Waals surface area contributed by atoms with Crippen LogP contribution in [-0.4, -0.2) is 38.0 Å². The summed E-state index contributed by atoms with van der Waals surface area (Å²) in [4.78, 5) is 43.3. The summed E-state index contributed by atoms with van der Waals surface area (Å²) in [5, 5.41) is 32.4. The number of rotatable bonds is 3. The maximum absolute atomic E-state index is 10.6. The predicted octanol–water partition coefficient (Wildman–Crippen LogP) is -2.86. The molecule has 0 aliphatic heterocycles. The zero-order valence-corrected chi connectivity index (χ0v) is 26.2. The Hall–Kier alpha value is -3.70. The Morgan fingerprint density at radius 2 is 0.756 bits per heavy atom. The van der Waals surface area contributed by atoms with Gasteiger partial charge in [-0.2, -0.15) is 0 Å². The van der Waals surface area contributed by atoms with Gasteiger partial charge in [-0.3, -0.25) is 0 Å². The van der Waals surface area contributed by atoms with Crippen LogP contribution < -0.4 is 69.3 Å². The van der Waals surface area contributed by atoms with Gasteiger partial charge in [-0.05, 0) is 36.4 Å². The summed E-state index contributed by atoms with van der Waals surface area (Å²) in [5.41, 5.74) is 2.08. The van der Waals surface area contributed by atoms with Crippen LogP contribution in [0.3, 0.4) is 0 Å². The minimum absolute atomic E-state index is 0. The molecule has 0 fully saturated rings. The smallest absolute Gasteiger partial charge is 0.543 e. The number of aromatic carboxylic acids is 3. The van der Waals surface area contributed by atoms with Gasteiger partial charge in [-0.15, -0.1) is 0 Å². The van der Waals surface area contributed by atoms with Crippen LogP contribution in [0.25, 0.3) is 32.7 Å². The maximum Gasteiger partial charge on any atom is 1.00 e. The number of carboxylic acid groups (broad SMARTS) is 3. The first kappa shape index (κ1) is 33.5.